The van der Waals surface area contributed by atoms with E-state index >= 15 is 0 Å². The number of rotatable bonds is 7. The molecule has 0 aliphatic carbocycles. The van der Waals surface area contributed by atoms with Crippen molar-refractivity contribution in [1.82, 2.24) is 5.32 Å². The molecule has 0 saturated carbocycles. The van der Waals surface area contributed by atoms with Gasteiger partial charge in [0.15, 0.2) is 0 Å². The molecule has 0 heterocycles. The molecule has 0 bridgehead atoms. The summed E-state index contributed by atoms with van der Waals surface area (Å²) in [5.41, 5.74) is 5.39. The average molecular weight is 295 g/mol. The summed E-state index contributed by atoms with van der Waals surface area (Å²) >= 11 is 0. The molecule has 0 saturated heterocycles. The minimum atomic E-state index is -0.640. The summed E-state index contributed by atoms with van der Waals surface area (Å²) in [4.78, 5) is 23.9. The Morgan fingerprint density at radius 3 is 2.48 bits per heavy atom. The molecule has 1 rings (SSSR count). The summed E-state index contributed by atoms with van der Waals surface area (Å²) in [5.74, 6) is -1.08. The third kappa shape index (κ3) is 4.53. The molecule has 0 fully saturated rings. The van der Waals surface area contributed by atoms with Gasteiger partial charge >= 0.3 is 0 Å². The number of amides is 2. The smallest absolute Gasteiger partial charge is 0.243 e. The lowest BCUT2D eigenvalue weighted by molar-refractivity contribution is -0.132. The first kappa shape index (κ1) is 17.1. The SMILES string of the molecule is CCC(CC)(CN)C(=O)NCC(=O)Nc1cccc(F)c1. The van der Waals surface area contributed by atoms with Crippen LogP contribution in [-0.2, 0) is 9.59 Å². The van der Waals surface area contributed by atoms with E-state index in [0.717, 1.165) is 0 Å². The molecule has 0 aliphatic heterocycles. The predicted molar refractivity (Wildman–Crippen MR) is 80.1 cm³/mol. The third-order valence-corrected chi connectivity index (χ3v) is 3.74. The minimum absolute atomic E-state index is 0.170. The van der Waals surface area contributed by atoms with Crippen molar-refractivity contribution >= 4 is 17.5 Å². The van der Waals surface area contributed by atoms with Gasteiger partial charge in [-0.3, -0.25) is 9.59 Å². The number of halogens is 1. The number of carbonyl (C=O) groups excluding carboxylic acids is 2. The van der Waals surface area contributed by atoms with Crippen LogP contribution in [0.25, 0.3) is 0 Å². The zero-order valence-electron chi connectivity index (χ0n) is 12.4. The lowest BCUT2D eigenvalue weighted by Crippen LogP contribution is -2.47. The number of anilines is 1. The topological polar surface area (TPSA) is 84.2 Å². The van der Waals surface area contributed by atoms with E-state index in [9.17, 15) is 14.0 Å². The molecule has 1 aromatic rings. The first-order chi connectivity index (χ1) is 9.97. The van der Waals surface area contributed by atoms with Crippen LogP contribution in [-0.4, -0.2) is 24.9 Å². The van der Waals surface area contributed by atoms with Crippen LogP contribution in [0.3, 0.4) is 0 Å². The highest BCUT2D eigenvalue weighted by molar-refractivity contribution is 5.95. The van der Waals surface area contributed by atoms with E-state index in [1.807, 2.05) is 13.8 Å². The van der Waals surface area contributed by atoms with Crippen LogP contribution in [0.4, 0.5) is 10.1 Å². The third-order valence-electron chi connectivity index (χ3n) is 3.74. The van der Waals surface area contributed by atoms with Gasteiger partial charge in [0.05, 0.1) is 12.0 Å². The molecule has 5 nitrogen and oxygen atoms in total. The van der Waals surface area contributed by atoms with E-state index in [2.05, 4.69) is 10.6 Å². The fourth-order valence-corrected chi connectivity index (χ4v) is 2.07. The molecule has 0 radical (unpaired) electrons. The Morgan fingerprint density at radius 1 is 1.29 bits per heavy atom. The van der Waals surface area contributed by atoms with E-state index in [1.54, 1.807) is 6.07 Å². The zero-order chi connectivity index (χ0) is 15.9. The van der Waals surface area contributed by atoms with Crippen molar-refractivity contribution in [2.75, 3.05) is 18.4 Å². The standard InChI is InChI=1S/C15H22FN3O2/c1-3-15(4-2,10-17)14(21)18-9-13(20)19-12-7-5-6-11(16)8-12/h5-8H,3-4,9-10,17H2,1-2H3,(H,18,21)(H,19,20). The molecular weight excluding hydrogens is 273 g/mol. The average Bonchev–Trinajstić information content (AvgIpc) is 2.47. The van der Waals surface area contributed by atoms with Gasteiger partial charge in [0.25, 0.3) is 0 Å². The second-order valence-electron chi connectivity index (χ2n) is 4.93. The summed E-state index contributed by atoms with van der Waals surface area (Å²) in [7, 11) is 0. The van der Waals surface area contributed by atoms with Crippen LogP contribution in [0.1, 0.15) is 26.7 Å². The van der Waals surface area contributed by atoms with Crippen molar-refractivity contribution in [3.8, 4) is 0 Å². The highest BCUT2D eigenvalue weighted by Gasteiger charge is 2.33. The molecular formula is C15H22FN3O2. The van der Waals surface area contributed by atoms with E-state index in [0.29, 0.717) is 18.5 Å². The fraction of sp³-hybridized carbons (Fsp3) is 0.467. The van der Waals surface area contributed by atoms with Crippen molar-refractivity contribution < 1.29 is 14.0 Å². The minimum Gasteiger partial charge on any atom is -0.347 e. The van der Waals surface area contributed by atoms with Gasteiger partial charge in [0, 0.05) is 12.2 Å². The number of carbonyl (C=O) groups is 2. The zero-order valence-corrected chi connectivity index (χ0v) is 12.4. The highest BCUT2D eigenvalue weighted by Crippen LogP contribution is 2.24. The molecule has 21 heavy (non-hydrogen) atoms. The molecule has 4 N–H and O–H groups in total. The van der Waals surface area contributed by atoms with Crippen LogP contribution >= 0.6 is 0 Å². The van der Waals surface area contributed by atoms with E-state index in [4.69, 9.17) is 5.73 Å². The molecule has 2 amide bonds. The molecule has 0 aromatic heterocycles. The van der Waals surface area contributed by atoms with Gasteiger partial charge in [-0.25, -0.2) is 4.39 Å². The first-order valence-electron chi connectivity index (χ1n) is 7.01. The van der Waals surface area contributed by atoms with Crippen LogP contribution in [0.2, 0.25) is 0 Å². The van der Waals surface area contributed by atoms with Crippen molar-refractivity contribution in [3.05, 3.63) is 30.1 Å². The van der Waals surface area contributed by atoms with Crippen molar-refractivity contribution in [2.24, 2.45) is 11.1 Å². The highest BCUT2D eigenvalue weighted by atomic mass is 19.1. The Morgan fingerprint density at radius 2 is 1.95 bits per heavy atom. The van der Waals surface area contributed by atoms with Gasteiger partial charge in [-0.2, -0.15) is 0 Å². The fourth-order valence-electron chi connectivity index (χ4n) is 2.07. The van der Waals surface area contributed by atoms with Crippen molar-refractivity contribution in [3.63, 3.8) is 0 Å². The maximum Gasteiger partial charge on any atom is 0.243 e. The Kier molecular flexibility index (Phi) is 6.30. The number of nitrogens with two attached hydrogens (primary N) is 1. The molecule has 0 aliphatic rings. The normalized spacial score (nSPS) is 11.0. The summed E-state index contributed by atoms with van der Waals surface area (Å²) in [6, 6.07) is 5.57. The van der Waals surface area contributed by atoms with E-state index in [-0.39, 0.29) is 19.0 Å². The maximum atomic E-state index is 13.0. The Hall–Kier alpha value is -1.95. The van der Waals surface area contributed by atoms with Crippen LogP contribution in [0.5, 0.6) is 0 Å². The molecule has 6 heteroatoms. The van der Waals surface area contributed by atoms with Gasteiger partial charge < -0.3 is 16.4 Å². The first-order valence-corrected chi connectivity index (χ1v) is 7.01. The summed E-state index contributed by atoms with van der Waals surface area (Å²) in [6.07, 6.45) is 1.22. The van der Waals surface area contributed by atoms with Crippen LogP contribution in [0.15, 0.2) is 24.3 Å². The van der Waals surface area contributed by atoms with Gasteiger partial charge in [0.2, 0.25) is 11.8 Å². The summed E-state index contributed by atoms with van der Waals surface area (Å²) in [5, 5.41) is 5.10. The molecule has 0 spiro atoms. The quantitative estimate of drug-likeness (QED) is 0.715. The largest absolute Gasteiger partial charge is 0.347 e. The Labute approximate surface area is 124 Å². The Bertz CT molecular complexity index is 493. The van der Waals surface area contributed by atoms with Gasteiger partial charge in [0.1, 0.15) is 5.82 Å². The number of hydrogen-bond donors (Lipinski definition) is 3. The second-order valence-corrected chi connectivity index (χ2v) is 4.93. The number of nitrogens with one attached hydrogen (secondary N) is 2. The molecule has 1 aromatic carbocycles. The van der Waals surface area contributed by atoms with Crippen molar-refractivity contribution in [2.45, 2.75) is 26.7 Å². The van der Waals surface area contributed by atoms with Crippen molar-refractivity contribution in [1.29, 1.82) is 0 Å². The lowest BCUT2D eigenvalue weighted by Gasteiger charge is -2.28. The maximum absolute atomic E-state index is 13.0. The summed E-state index contributed by atoms with van der Waals surface area (Å²) in [6.45, 7) is 3.85. The number of benzene rings is 1. The molecule has 116 valence electrons. The molecule has 0 unspecified atom stereocenters. The van der Waals surface area contributed by atoms with Crippen LogP contribution < -0.4 is 16.4 Å². The predicted octanol–water partition coefficient (Wildman–Crippen LogP) is 1.65. The van der Waals surface area contributed by atoms with Gasteiger partial charge in [-0.15, -0.1) is 0 Å². The molecule has 0 atom stereocenters. The van der Waals surface area contributed by atoms with E-state index < -0.39 is 17.1 Å². The van der Waals surface area contributed by atoms with E-state index in [1.165, 1.54) is 18.2 Å². The summed E-state index contributed by atoms with van der Waals surface area (Å²) < 4.78 is 13.0. The van der Waals surface area contributed by atoms with Crippen LogP contribution in [0, 0.1) is 11.2 Å². The Balaban J connectivity index is 2.55. The van der Waals surface area contributed by atoms with Gasteiger partial charge in [-0.05, 0) is 31.0 Å². The lowest BCUT2D eigenvalue weighted by atomic mass is 9.81. The van der Waals surface area contributed by atoms with Gasteiger partial charge in [-0.1, -0.05) is 19.9 Å². The number of hydrogen-bond acceptors (Lipinski definition) is 3. The second kappa shape index (κ2) is 7.73. The monoisotopic (exact) mass is 295 g/mol.